The minimum Gasteiger partial charge on any atom is -0.343 e. The summed E-state index contributed by atoms with van der Waals surface area (Å²) in [7, 11) is 0. The molecule has 0 saturated heterocycles. The Morgan fingerprint density at radius 2 is 1.81 bits per heavy atom. The van der Waals surface area contributed by atoms with Gasteiger partial charge in [0.05, 0.1) is 11.8 Å². The lowest BCUT2D eigenvalue weighted by Gasteiger charge is -2.30. The first-order valence-corrected chi connectivity index (χ1v) is 8.56. The van der Waals surface area contributed by atoms with Crippen molar-refractivity contribution in [1.82, 2.24) is 9.78 Å². The van der Waals surface area contributed by atoms with Crippen molar-refractivity contribution < 1.29 is 4.79 Å². The van der Waals surface area contributed by atoms with E-state index in [2.05, 4.69) is 21.8 Å². The number of para-hydroxylation sites is 1. The average molecular weight is 355 g/mol. The van der Waals surface area contributed by atoms with Gasteiger partial charge in [0.2, 0.25) is 0 Å². The molecular formula is C21H17N5O. The molecule has 0 saturated carbocycles. The molecular weight excluding hydrogens is 338 g/mol. The maximum absolute atomic E-state index is 13.1. The summed E-state index contributed by atoms with van der Waals surface area (Å²) in [5, 5.41) is 19.9. The van der Waals surface area contributed by atoms with Crippen LogP contribution in [0, 0.1) is 11.3 Å². The molecule has 6 heteroatoms. The molecule has 1 aromatic heterocycles. The second-order valence-corrected chi connectivity index (χ2v) is 6.26. The number of nitriles is 1. The molecule has 0 fully saturated rings. The van der Waals surface area contributed by atoms with Crippen molar-refractivity contribution in [1.29, 1.82) is 5.26 Å². The Morgan fingerprint density at radius 1 is 1.15 bits per heavy atom. The van der Waals surface area contributed by atoms with Crippen molar-refractivity contribution in [3.63, 3.8) is 0 Å². The number of aromatic nitrogens is 2. The summed E-state index contributed by atoms with van der Waals surface area (Å²) in [6.45, 7) is 1.84. The van der Waals surface area contributed by atoms with Crippen LogP contribution in [0.2, 0.25) is 0 Å². The Hall–Kier alpha value is -3.85. The molecule has 2 aromatic carbocycles. The second-order valence-electron chi connectivity index (χ2n) is 6.26. The summed E-state index contributed by atoms with van der Waals surface area (Å²) in [4.78, 5) is 13.1. The van der Waals surface area contributed by atoms with Crippen molar-refractivity contribution in [2.24, 2.45) is 0 Å². The molecule has 0 aliphatic carbocycles. The third-order valence-corrected chi connectivity index (χ3v) is 4.54. The molecule has 0 bridgehead atoms. The normalized spacial score (nSPS) is 15.5. The van der Waals surface area contributed by atoms with Gasteiger partial charge in [0.1, 0.15) is 23.5 Å². The highest BCUT2D eigenvalue weighted by molar-refractivity contribution is 6.06. The average Bonchev–Trinajstić information content (AvgIpc) is 3.10. The zero-order valence-electron chi connectivity index (χ0n) is 14.7. The Bertz CT molecular complexity index is 1060. The third-order valence-electron chi connectivity index (χ3n) is 4.54. The number of amides is 1. The van der Waals surface area contributed by atoms with Gasteiger partial charge in [0, 0.05) is 11.4 Å². The monoisotopic (exact) mass is 355 g/mol. The van der Waals surface area contributed by atoms with Gasteiger partial charge in [-0.1, -0.05) is 48.5 Å². The highest BCUT2D eigenvalue weighted by Crippen LogP contribution is 2.37. The number of benzene rings is 2. The number of rotatable bonds is 3. The molecule has 4 rings (SSSR count). The molecule has 0 radical (unpaired) electrons. The number of allylic oxidation sites excluding steroid dienone is 1. The van der Waals surface area contributed by atoms with Gasteiger partial charge in [-0.25, -0.2) is 4.68 Å². The molecule has 1 amide bonds. The number of fused-ring (bicyclic) bond motifs is 1. The SMILES string of the molecule is CC1=C(C(=O)Nc2ccccc2)[C@@H](c2ccccc2)n2ncc(C#N)c2N1. The lowest BCUT2D eigenvalue weighted by Crippen LogP contribution is -2.31. The maximum atomic E-state index is 13.1. The molecule has 1 aliphatic heterocycles. The van der Waals surface area contributed by atoms with E-state index < -0.39 is 6.04 Å². The van der Waals surface area contributed by atoms with Gasteiger partial charge in [-0.3, -0.25) is 4.79 Å². The van der Waals surface area contributed by atoms with Crippen LogP contribution in [-0.2, 0) is 4.79 Å². The second kappa shape index (κ2) is 6.81. The van der Waals surface area contributed by atoms with Crippen LogP contribution in [0.3, 0.4) is 0 Å². The number of anilines is 2. The van der Waals surface area contributed by atoms with Crippen LogP contribution in [0.5, 0.6) is 0 Å². The Labute approximate surface area is 156 Å². The minimum absolute atomic E-state index is 0.209. The molecule has 3 aromatic rings. The Morgan fingerprint density at radius 3 is 2.48 bits per heavy atom. The first-order valence-electron chi connectivity index (χ1n) is 8.56. The summed E-state index contributed by atoms with van der Waals surface area (Å²) in [6.07, 6.45) is 1.52. The summed E-state index contributed by atoms with van der Waals surface area (Å²) >= 11 is 0. The lowest BCUT2D eigenvalue weighted by atomic mass is 9.94. The quantitative estimate of drug-likeness (QED) is 0.751. The van der Waals surface area contributed by atoms with Gasteiger partial charge < -0.3 is 10.6 Å². The van der Waals surface area contributed by atoms with Crippen LogP contribution in [0.15, 0.2) is 78.1 Å². The van der Waals surface area contributed by atoms with Gasteiger partial charge in [0.15, 0.2) is 0 Å². The van der Waals surface area contributed by atoms with E-state index in [1.807, 2.05) is 67.6 Å². The van der Waals surface area contributed by atoms with Crippen LogP contribution in [-0.4, -0.2) is 15.7 Å². The zero-order chi connectivity index (χ0) is 18.8. The number of hydrogen-bond acceptors (Lipinski definition) is 4. The molecule has 1 atom stereocenters. The highest BCUT2D eigenvalue weighted by Gasteiger charge is 2.34. The molecule has 2 N–H and O–H groups in total. The highest BCUT2D eigenvalue weighted by atomic mass is 16.1. The zero-order valence-corrected chi connectivity index (χ0v) is 14.7. The number of carbonyl (C=O) groups is 1. The van der Waals surface area contributed by atoms with Crippen LogP contribution in [0.4, 0.5) is 11.5 Å². The lowest BCUT2D eigenvalue weighted by molar-refractivity contribution is -0.113. The Balaban J connectivity index is 1.81. The molecule has 6 nitrogen and oxygen atoms in total. The molecule has 132 valence electrons. The summed E-state index contributed by atoms with van der Waals surface area (Å²) in [5.74, 6) is 0.389. The summed E-state index contributed by atoms with van der Waals surface area (Å²) in [6, 6.07) is 20.7. The minimum atomic E-state index is -0.423. The van der Waals surface area contributed by atoms with E-state index in [-0.39, 0.29) is 5.91 Å². The van der Waals surface area contributed by atoms with Crippen LogP contribution >= 0.6 is 0 Å². The maximum Gasteiger partial charge on any atom is 0.255 e. The number of carbonyl (C=O) groups excluding carboxylic acids is 1. The van der Waals surface area contributed by atoms with Gasteiger partial charge in [-0.05, 0) is 24.6 Å². The number of nitrogens with zero attached hydrogens (tertiary/aromatic N) is 3. The molecule has 2 heterocycles. The van der Waals surface area contributed by atoms with E-state index >= 15 is 0 Å². The van der Waals surface area contributed by atoms with Crippen molar-refractivity contribution in [3.05, 3.63) is 89.3 Å². The summed E-state index contributed by atoms with van der Waals surface area (Å²) in [5.41, 5.74) is 3.34. The van der Waals surface area contributed by atoms with Crippen molar-refractivity contribution in [2.75, 3.05) is 10.6 Å². The van der Waals surface area contributed by atoms with Gasteiger partial charge in [-0.2, -0.15) is 10.4 Å². The van der Waals surface area contributed by atoms with E-state index in [0.29, 0.717) is 22.7 Å². The molecule has 0 unspecified atom stereocenters. The van der Waals surface area contributed by atoms with Crippen molar-refractivity contribution in [2.45, 2.75) is 13.0 Å². The van der Waals surface area contributed by atoms with E-state index in [1.165, 1.54) is 6.20 Å². The van der Waals surface area contributed by atoms with E-state index in [4.69, 9.17) is 0 Å². The molecule has 27 heavy (non-hydrogen) atoms. The fourth-order valence-electron chi connectivity index (χ4n) is 3.29. The standard InChI is InChI=1S/C21H17N5O/c1-14-18(21(27)25-17-10-6-3-7-11-17)19(15-8-4-2-5-9-15)26-20(24-14)16(12-22)13-23-26/h2-11,13,19,24H,1H3,(H,25,27)/t19-/m1/s1. The first-order chi connectivity index (χ1) is 13.2. The number of hydrogen-bond donors (Lipinski definition) is 2. The molecule has 1 aliphatic rings. The predicted octanol–water partition coefficient (Wildman–Crippen LogP) is 3.68. The predicted molar refractivity (Wildman–Crippen MR) is 103 cm³/mol. The van der Waals surface area contributed by atoms with E-state index in [0.717, 1.165) is 11.3 Å². The van der Waals surface area contributed by atoms with E-state index in [1.54, 1.807) is 4.68 Å². The van der Waals surface area contributed by atoms with Crippen LogP contribution < -0.4 is 10.6 Å². The third kappa shape index (κ3) is 2.96. The smallest absolute Gasteiger partial charge is 0.255 e. The van der Waals surface area contributed by atoms with Crippen molar-refractivity contribution in [3.8, 4) is 6.07 Å². The Kier molecular flexibility index (Phi) is 4.19. The van der Waals surface area contributed by atoms with Crippen LogP contribution in [0.1, 0.15) is 24.1 Å². The van der Waals surface area contributed by atoms with Gasteiger partial charge in [-0.15, -0.1) is 0 Å². The van der Waals surface area contributed by atoms with Crippen LogP contribution in [0.25, 0.3) is 0 Å². The summed E-state index contributed by atoms with van der Waals surface area (Å²) < 4.78 is 1.70. The first kappa shape index (κ1) is 16.6. The van der Waals surface area contributed by atoms with Gasteiger partial charge in [0.25, 0.3) is 5.91 Å². The fourth-order valence-corrected chi connectivity index (χ4v) is 3.29. The number of nitrogens with one attached hydrogen (secondary N) is 2. The largest absolute Gasteiger partial charge is 0.343 e. The topological polar surface area (TPSA) is 82.7 Å². The fraction of sp³-hybridized carbons (Fsp3) is 0.0952. The van der Waals surface area contributed by atoms with Gasteiger partial charge >= 0.3 is 0 Å². The molecule has 0 spiro atoms. The van der Waals surface area contributed by atoms with Crippen molar-refractivity contribution >= 4 is 17.4 Å². The van der Waals surface area contributed by atoms with E-state index in [9.17, 15) is 10.1 Å².